The van der Waals surface area contributed by atoms with Gasteiger partial charge >= 0.3 is 6.09 Å². The molecule has 1 aromatic carbocycles. The molecule has 0 spiro atoms. The minimum absolute atomic E-state index is 0.195. The van der Waals surface area contributed by atoms with Gasteiger partial charge in [0, 0.05) is 6.92 Å². The number of aromatic nitrogens is 6. The number of cyclic esters (lactones) is 1. The maximum Gasteiger partial charge on any atom is 0.414 e. The van der Waals surface area contributed by atoms with Gasteiger partial charge in [-0.15, -0.1) is 15.3 Å². The van der Waals surface area contributed by atoms with E-state index in [1.807, 2.05) is 6.92 Å². The second kappa shape index (κ2) is 7.89. The Morgan fingerprint density at radius 1 is 1.37 bits per heavy atom. The summed E-state index contributed by atoms with van der Waals surface area (Å²) >= 11 is 0. The summed E-state index contributed by atoms with van der Waals surface area (Å²) in [4.78, 5) is 24.4. The number of nitrogens with one attached hydrogen (secondary N) is 1. The summed E-state index contributed by atoms with van der Waals surface area (Å²) in [5.41, 5.74) is 1.16. The number of carbonyl (C=O) groups excluding carboxylic acids is 2. The van der Waals surface area contributed by atoms with E-state index >= 15 is 0 Å². The first-order valence-corrected chi connectivity index (χ1v) is 9.19. The zero-order valence-electron chi connectivity index (χ0n) is 16.3. The van der Waals surface area contributed by atoms with E-state index < -0.39 is 18.0 Å². The lowest BCUT2D eigenvalue weighted by molar-refractivity contribution is -0.119. The molecule has 11 nitrogen and oxygen atoms in total. The van der Waals surface area contributed by atoms with E-state index in [2.05, 4.69) is 25.8 Å². The minimum atomic E-state index is -0.593. The maximum absolute atomic E-state index is 14.8. The van der Waals surface area contributed by atoms with Crippen LogP contribution in [0, 0.1) is 12.7 Å². The number of nitrogens with zero attached hydrogens (tertiary/aromatic N) is 7. The first kappa shape index (κ1) is 19.5. The van der Waals surface area contributed by atoms with E-state index in [0.717, 1.165) is 5.82 Å². The van der Waals surface area contributed by atoms with Crippen molar-refractivity contribution < 1.29 is 18.7 Å². The maximum atomic E-state index is 14.8. The van der Waals surface area contributed by atoms with Crippen molar-refractivity contribution in [1.29, 1.82) is 0 Å². The van der Waals surface area contributed by atoms with Crippen molar-refractivity contribution in [3.63, 3.8) is 0 Å². The summed E-state index contributed by atoms with van der Waals surface area (Å²) in [6.45, 7) is 4.02. The molecular formula is C18H19FN8O3. The molecule has 1 atom stereocenters. The quantitative estimate of drug-likeness (QED) is 0.634. The van der Waals surface area contributed by atoms with Gasteiger partial charge in [0.15, 0.2) is 5.82 Å². The zero-order chi connectivity index (χ0) is 21.3. The number of hydrogen-bond acceptors (Lipinski definition) is 7. The number of ether oxygens (including phenoxy) is 1. The van der Waals surface area contributed by atoms with Gasteiger partial charge in [0.25, 0.3) is 0 Å². The highest BCUT2D eigenvalue weighted by atomic mass is 19.1. The minimum Gasteiger partial charge on any atom is -0.442 e. The van der Waals surface area contributed by atoms with Gasteiger partial charge in [-0.1, -0.05) is 5.21 Å². The molecule has 2 amide bonds. The first-order chi connectivity index (χ1) is 14.4. The van der Waals surface area contributed by atoms with Crippen LogP contribution >= 0.6 is 0 Å². The Morgan fingerprint density at radius 2 is 2.20 bits per heavy atom. The van der Waals surface area contributed by atoms with Gasteiger partial charge in [0.05, 0.1) is 31.5 Å². The van der Waals surface area contributed by atoms with Gasteiger partial charge in [0.1, 0.15) is 29.6 Å². The Kier molecular flexibility index (Phi) is 5.12. The standard InChI is InChI=1S/C18H19FN8O3/c1-11-22-21-10-25(11)7-13-8-27(24-23-13)17-4-3-14(5-16(17)19)26-9-15(30-18(26)29)6-20-12(2)28/h3-5,8,10,15H,6-7,9H2,1-2H3,(H,20,28)/t15-/m0/s1. The number of amides is 2. The molecule has 1 N–H and O–H groups in total. The van der Waals surface area contributed by atoms with Crippen LogP contribution in [0.3, 0.4) is 0 Å². The smallest absolute Gasteiger partial charge is 0.414 e. The average molecular weight is 414 g/mol. The summed E-state index contributed by atoms with van der Waals surface area (Å²) in [6.07, 6.45) is 2.11. The van der Waals surface area contributed by atoms with Crippen LogP contribution in [0.25, 0.3) is 5.69 Å². The average Bonchev–Trinajstić information content (AvgIpc) is 3.41. The lowest BCUT2D eigenvalue weighted by atomic mass is 10.2. The Hall–Kier alpha value is -3.83. The fourth-order valence-electron chi connectivity index (χ4n) is 3.08. The van der Waals surface area contributed by atoms with E-state index in [9.17, 15) is 14.0 Å². The summed E-state index contributed by atoms with van der Waals surface area (Å²) < 4.78 is 23.1. The second-order valence-electron chi connectivity index (χ2n) is 6.85. The van der Waals surface area contributed by atoms with Gasteiger partial charge in [-0.05, 0) is 25.1 Å². The van der Waals surface area contributed by atoms with Crippen LogP contribution < -0.4 is 10.2 Å². The molecule has 0 bridgehead atoms. The van der Waals surface area contributed by atoms with Crippen molar-refractivity contribution in [3.05, 3.63) is 48.1 Å². The van der Waals surface area contributed by atoms with Crippen molar-refractivity contribution >= 4 is 17.7 Å². The third-order valence-electron chi connectivity index (χ3n) is 4.62. The number of carbonyl (C=O) groups is 2. The monoisotopic (exact) mass is 414 g/mol. The fourth-order valence-corrected chi connectivity index (χ4v) is 3.08. The fraction of sp³-hybridized carbons (Fsp3) is 0.333. The molecule has 1 aliphatic heterocycles. The number of benzene rings is 1. The van der Waals surface area contributed by atoms with Gasteiger partial charge in [-0.2, -0.15) is 0 Å². The van der Waals surface area contributed by atoms with Crippen molar-refractivity contribution in [2.24, 2.45) is 0 Å². The molecule has 0 radical (unpaired) electrons. The summed E-state index contributed by atoms with van der Waals surface area (Å²) in [7, 11) is 0. The second-order valence-corrected chi connectivity index (χ2v) is 6.85. The van der Waals surface area contributed by atoms with Gasteiger partial charge in [-0.3, -0.25) is 9.69 Å². The Morgan fingerprint density at radius 3 is 2.90 bits per heavy atom. The number of anilines is 1. The topological polar surface area (TPSA) is 120 Å². The predicted octanol–water partition coefficient (Wildman–Crippen LogP) is 0.816. The zero-order valence-corrected chi connectivity index (χ0v) is 16.3. The molecule has 4 rings (SSSR count). The van der Waals surface area contributed by atoms with Crippen LogP contribution in [0.5, 0.6) is 0 Å². The Balaban J connectivity index is 1.48. The lowest BCUT2D eigenvalue weighted by Crippen LogP contribution is -2.33. The van der Waals surface area contributed by atoms with E-state index in [-0.39, 0.29) is 24.7 Å². The SMILES string of the molecule is CC(=O)NC[C@H]1CN(c2ccc(-n3cc(Cn4cnnc4C)nn3)c(F)c2)C(=O)O1. The van der Waals surface area contributed by atoms with Crippen molar-refractivity contribution in [2.75, 3.05) is 18.0 Å². The largest absolute Gasteiger partial charge is 0.442 e. The van der Waals surface area contributed by atoms with Crippen LogP contribution in [-0.4, -0.2) is 61.0 Å². The normalized spacial score (nSPS) is 16.0. The molecule has 30 heavy (non-hydrogen) atoms. The van der Waals surface area contributed by atoms with E-state index in [1.54, 1.807) is 23.2 Å². The highest BCUT2D eigenvalue weighted by Gasteiger charge is 2.32. The Labute approximate surface area is 170 Å². The summed E-state index contributed by atoms with van der Waals surface area (Å²) in [5.74, 6) is -0.0523. The molecule has 12 heteroatoms. The predicted molar refractivity (Wildman–Crippen MR) is 101 cm³/mol. The molecule has 1 saturated heterocycles. The van der Waals surface area contributed by atoms with Gasteiger partial charge in [-0.25, -0.2) is 13.9 Å². The molecule has 1 fully saturated rings. The van der Waals surface area contributed by atoms with Crippen LogP contribution in [0.4, 0.5) is 14.9 Å². The molecule has 3 heterocycles. The molecule has 156 valence electrons. The summed E-state index contributed by atoms with van der Waals surface area (Å²) in [5, 5.41) is 18.4. The molecular weight excluding hydrogens is 395 g/mol. The van der Waals surface area contributed by atoms with Gasteiger partial charge < -0.3 is 14.6 Å². The molecule has 2 aromatic heterocycles. The van der Waals surface area contributed by atoms with Crippen molar-refractivity contribution in [3.8, 4) is 5.69 Å². The third kappa shape index (κ3) is 3.97. The molecule has 3 aromatic rings. The van der Waals surface area contributed by atoms with Crippen molar-refractivity contribution in [2.45, 2.75) is 26.5 Å². The van der Waals surface area contributed by atoms with E-state index in [4.69, 9.17) is 4.74 Å². The molecule has 0 saturated carbocycles. The van der Waals surface area contributed by atoms with Crippen LogP contribution in [0.1, 0.15) is 18.4 Å². The first-order valence-electron chi connectivity index (χ1n) is 9.19. The lowest BCUT2D eigenvalue weighted by Gasteiger charge is -2.14. The number of hydrogen-bond donors (Lipinski definition) is 1. The van der Waals surface area contributed by atoms with Gasteiger partial charge in [0.2, 0.25) is 5.91 Å². The highest BCUT2D eigenvalue weighted by Crippen LogP contribution is 2.25. The Bertz CT molecular complexity index is 1090. The van der Waals surface area contributed by atoms with E-state index in [1.165, 1.54) is 28.6 Å². The number of rotatable bonds is 6. The molecule has 0 aliphatic carbocycles. The third-order valence-corrected chi connectivity index (χ3v) is 4.62. The molecule has 1 aliphatic rings. The summed E-state index contributed by atoms with van der Waals surface area (Å²) in [6, 6.07) is 4.36. The molecule has 0 unspecified atom stereocenters. The van der Waals surface area contributed by atoms with Crippen LogP contribution in [0.2, 0.25) is 0 Å². The van der Waals surface area contributed by atoms with Crippen molar-refractivity contribution in [1.82, 2.24) is 35.1 Å². The number of aryl methyl sites for hydroxylation is 1. The van der Waals surface area contributed by atoms with Crippen LogP contribution in [-0.2, 0) is 16.1 Å². The van der Waals surface area contributed by atoms with E-state index in [0.29, 0.717) is 17.9 Å². The highest BCUT2D eigenvalue weighted by molar-refractivity contribution is 5.90. The number of halogens is 1. The van der Waals surface area contributed by atoms with Crippen LogP contribution in [0.15, 0.2) is 30.7 Å².